The first-order chi connectivity index (χ1) is 7.96. The van der Waals surface area contributed by atoms with Gasteiger partial charge in [-0.3, -0.25) is 4.79 Å². The summed E-state index contributed by atoms with van der Waals surface area (Å²) >= 11 is 0. The van der Waals surface area contributed by atoms with Crippen LogP contribution in [0, 0.1) is 6.92 Å². The van der Waals surface area contributed by atoms with Crippen LogP contribution in [-0.2, 0) is 11.2 Å². The molecule has 1 saturated heterocycles. The number of carbonyl (C=O) groups excluding carboxylic acids is 1. The molecule has 1 unspecified atom stereocenters. The Labute approximate surface area is 102 Å². The average Bonchev–Trinajstić information content (AvgIpc) is 2.62. The van der Waals surface area contributed by atoms with Gasteiger partial charge < -0.3 is 10.0 Å². The molecule has 1 N–H and O–H groups in total. The molecule has 1 fully saturated rings. The molecule has 3 nitrogen and oxygen atoms in total. The zero-order valence-electron chi connectivity index (χ0n) is 10.4. The van der Waals surface area contributed by atoms with Gasteiger partial charge in [0.1, 0.15) is 0 Å². The summed E-state index contributed by atoms with van der Waals surface area (Å²) in [6.45, 7) is 4.94. The van der Waals surface area contributed by atoms with Crippen LogP contribution in [0.2, 0.25) is 0 Å². The highest BCUT2D eigenvalue weighted by atomic mass is 16.3. The third-order valence-corrected chi connectivity index (χ3v) is 3.28. The minimum absolute atomic E-state index is 0.103. The summed E-state index contributed by atoms with van der Waals surface area (Å²) in [4.78, 5) is 13.8. The maximum atomic E-state index is 12.0. The monoisotopic (exact) mass is 233 g/mol. The van der Waals surface area contributed by atoms with Gasteiger partial charge in [-0.25, -0.2) is 0 Å². The van der Waals surface area contributed by atoms with Gasteiger partial charge >= 0.3 is 0 Å². The molecular formula is C14H19NO2. The van der Waals surface area contributed by atoms with Crippen molar-refractivity contribution in [3.05, 3.63) is 35.4 Å². The summed E-state index contributed by atoms with van der Waals surface area (Å²) in [5.41, 5.74) is 1.53. The van der Waals surface area contributed by atoms with Crippen LogP contribution >= 0.6 is 0 Å². The molecule has 1 aromatic carbocycles. The molecule has 0 aromatic heterocycles. The standard InChI is InChI=1S/C14H19NO2/c1-11-3-5-12(6-4-11)9-13(16)15-8-7-14(2,17)10-15/h3-6,17H,7-10H2,1-2H3. The summed E-state index contributed by atoms with van der Waals surface area (Å²) in [5, 5.41) is 9.82. The molecule has 1 atom stereocenters. The van der Waals surface area contributed by atoms with Crippen LogP contribution in [-0.4, -0.2) is 34.6 Å². The first kappa shape index (κ1) is 12.1. The van der Waals surface area contributed by atoms with Gasteiger partial charge in [0.2, 0.25) is 5.91 Å². The third kappa shape index (κ3) is 3.07. The van der Waals surface area contributed by atoms with Crippen molar-refractivity contribution in [3.63, 3.8) is 0 Å². The molecule has 0 bridgehead atoms. The normalized spacial score (nSPS) is 24.1. The summed E-state index contributed by atoms with van der Waals surface area (Å²) in [7, 11) is 0. The van der Waals surface area contributed by atoms with Crippen molar-refractivity contribution in [3.8, 4) is 0 Å². The molecule has 0 spiro atoms. The molecule has 2 rings (SSSR count). The molecule has 3 heteroatoms. The maximum Gasteiger partial charge on any atom is 0.227 e. The summed E-state index contributed by atoms with van der Waals surface area (Å²) in [6, 6.07) is 8.01. The Morgan fingerprint density at radius 3 is 2.59 bits per heavy atom. The van der Waals surface area contributed by atoms with Crippen molar-refractivity contribution in [1.82, 2.24) is 4.90 Å². The summed E-state index contributed by atoms with van der Waals surface area (Å²) < 4.78 is 0. The zero-order chi connectivity index (χ0) is 12.5. The first-order valence-electron chi connectivity index (χ1n) is 6.02. The van der Waals surface area contributed by atoms with Crippen molar-refractivity contribution in [1.29, 1.82) is 0 Å². The Hall–Kier alpha value is -1.35. The topological polar surface area (TPSA) is 40.5 Å². The number of hydrogen-bond acceptors (Lipinski definition) is 2. The number of benzene rings is 1. The third-order valence-electron chi connectivity index (χ3n) is 3.28. The number of β-amino-alcohol motifs (C(OH)–C–C–N with tert-alkyl or cyclic N) is 1. The number of aryl methyl sites for hydroxylation is 1. The van der Waals surface area contributed by atoms with Gasteiger partial charge in [0.25, 0.3) is 0 Å². The van der Waals surface area contributed by atoms with Crippen LogP contribution in [0.3, 0.4) is 0 Å². The van der Waals surface area contributed by atoms with Crippen LogP contribution in [0.25, 0.3) is 0 Å². The largest absolute Gasteiger partial charge is 0.388 e. The van der Waals surface area contributed by atoms with E-state index in [0.717, 1.165) is 5.56 Å². The fourth-order valence-corrected chi connectivity index (χ4v) is 2.15. The lowest BCUT2D eigenvalue weighted by Gasteiger charge is -2.19. The molecule has 17 heavy (non-hydrogen) atoms. The molecular weight excluding hydrogens is 214 g/mol. The van der Waals surface area contributed by atoms with Gasteiger partial charge in [0.15, 0.2) is 0 Å². The lowest BCUT2D eigenvalue weighted by atomic mass is 10.1. The average molecular weight is 233 g/mol. The number of amides is 1. The van der Waals surface area contributed by atoms with Crippen LogP contribution in [0.5, 0.6) is 0 Å². The molecule has 1 amide bonds. The Bertz CT molecular complexity index is 409. The number of likely N-dealkylation sites (tertiary alicyclic amines) is 1. The quantitative estimate of drug-likeness (QED) is 0.841. The molecule has 0 saturated carbocycles. The SMILES string of the molecule is Cc1ccc(CC(=O)N2CCC(C)(O)C2)cc1. The summed E-state index contributed by atoms with van der Waals surface area (Å²) in [6.07, 6.45) is 1.10. The molecule has 1 aromatic rings. The second-order valence-corrected chi connectivity index (χ2v) is 5.22. The fraction of sp³-hybridized carbons (Fsp3) is 0.500. The maximum absolute atomic E-state index is 12.0. The van der Waals surface area contributed by atoms with Crippen LogP contribution in [0.1, 0.15) is 24.5 Å². The van der Waals surface area contributed by atoms with Crippen molar-refractivity contribution < 1.29 is 9.90 Å². The van der Waals surface area contributed by atoms with E-state index in [9.17, 15) is 9.90 Å². The van der Waals surface area contributed by atoms with Gasteiger partial charge in [0, 0.05) is 13.1 Å². The van der Waals surface area contributed by atoms with Gasteiger partial charge in [-0.15, -0.1) is 0 Å². The van der Waals surface area contributed by atoms with E-state index in [-0.39, 0.29) is 5.91 Å². The van der Waals surface area contributed by atoms with E-state index < -0.39 is 5.60 Å². The van der Waals surface area contributed by atoms with Crippen molar-refractivity contribution in [2.75, 3.05) is 13.1 Å². The van der Waals surface area contributed by atoms with Gasteiger partial charge in [-0.05, 0) is 25.8 Å². The molecule has 92 valence electrons. The molecule has 1 aliphatic rings. The van der Waals surface area contributed by atoms with Crippen molar-refractivity contribution in [2.45, 2.75) is 32.3 Å². The first-order valence-corrected chi connectivity index (χ1v) is 6.02. The van der Waals surface area contributed by atoms with E-state index in [1.807, 2.05) is 31.2 Å². The highest BCUT2D eigenvalue weighted by Gasteiger charge is 2.33. The summed E-state index contributed by atoms with van der Waals surface area (Å²) in [5.74, 6) is 0.103. The number of nitrogens with zero attached hydrogens (tertiary/aromatic N) is 1. The zero-order valence-corrected chi connectivity index (χ0v) is 10.4. The number of rotatable bonds is 2. The van der Waals surface area contributed by atoms with Crippen molar-refractivity contribution >= 4 is 5.91 Å². The minimum Gasteiger partial charge on any atom is -0.388 e. The van der Waals surface area contributed by atoms with E-state index in [1.165, 1.54) is 5.56 Å². The van der Waals surface area contributed by atoms with E-state index in [0.29, 0.717) is 25.9 Å². The minimum atomic E-state index is -0.705. The molecule has 0 radical (unpaired) electrons. The number of hydrogen-bond donors (Lipinski definition) is 1. The highest BCUT2D eigenvalue weighted by Crippen LogP contribution is 2.21. The van der Waals surface area contributed by atoms with Crippen LogP contribution < -0.4 is 0 Å². The fourth-order valence-electron chi connectivity index (χ4n) is 2.15. The smallest absolute Gasteiger partial charge is 0.227 e. The second-order valence-electron chi connectivity index (χ2n) is 5.22. The Morgan fingerprint density at radius 1 is 1.41 bits per heavy atom. The Kier molecular flexibility index (Phi) is 3.20. The molecule has 1 aliphatic heterocycles. The number of carbonyl (C=O) groups is 1. The Balaban J connectivity index is 1.96. The Morgan fingerprint density at radius 2 is 2.06 bits per heavy atom. The highest BCUT2D eigenvalue weighted by molar-refractivity contribution is 5.79. The predicted molar refractivity (Wildman–Crippen MR) is 66.7 cm³/mol. The molecule has 1 heterocycles. The lowest BCUT2D eigenvalue weighted by molar-refractivity contribution is -0.130. The second kappa shape index (κ2) is 4.49. The van der Waals surface area contributed by atoms with Crippen LogP contribution in [0.15, 0.2) is 24.3 Å². The van der Waals surface area contributed by atoms with E-state index in [1.54, 1.807) is 11.8 Å². The van der Waals surface area contributed by atoms with Crippen molar-refractivity contribution in [2.24, 2.45) is 0 Å². The molecule has 0 aliphatic carbocycles. The van der Waals surface area contributed by atoms with Gasteiger partial charge in [-0.2, -0.15) is 0 Å². The van der Waals surface area contributed by atoms with E-state index in [2.05, 4.69) is 0 Å². The van der Waals surface area contributed by atoms with E-state index in [4.69, 9.17) is 0 Å². The van der Waals surface area contributed by atoms with Crippen LogP contribution in [0.4, 0.5) is 0 Å². The lowest BCUT2D eigenvalue weighted by Crippen LogP contribution is -2.34. The predicted octanol–water partition coefficient (Wildman–Crippen LogP) is 1.52. The van der Waals surface area contributed by atoms with Gasteiger partial charge in [0.05, 0.1) is 12.0 Å². The number of aliphatic hydroxyl groups is 1. The van der Waals surface area contributed by atoms with Gasteiger partial charge in [-0.1, -0.05) is 29.8 Å². The van der Waals surface area contributed by atoms with E-state index >= 15 is 0 Å².